The summed E-state index contributed by atoms with van der Waals surface area (Å²) in [5.41, 5.74) is 4.16. The lowest BCUT2D eigenvalue weighted by molar-refractivity contribution is -0.0593. The summed E-state index contributed by atoms with van der Waals surface area (Å²) in [6, 6.07) is 16.6. The molecule has 1 saturated carbocycles. The molecule has 0 bridgehead atoms. The number of aryl methyl sites for hydroxylation is 2. The Hall–Kier alpha value is -6.29. The molecule has 1 amide bonds. The molecule has 16 nitrogen and oxygen atoms in total. The van der Waals surface area contributed by atoms with Crippen LogP contribution in [0.5, 0.6) is 0 Å². The predicted octanol–water partition coefficient (Wildman–Crippen LogP) is 8.26. The van der Waals surface area contributed by atoms with Crippen LogP contribution < -0.4 is 22.1 Å². The second-order valence-electron chi connectivity index (χ2n) is 21.4. The Morgan fingerprint density at radius 2 is 1.65 bits per heavy atom. The minimum Gasteiger partial charge on any atom is -0.387 e. The molecular weight excluding hydrogens is 925 g/mol. The number of aromatic nitrogens is 7. The third kappa shape index (κ3) is 7.51. The number of fused-ring (bicyclic) bond motifs is 2. The molecule has 2 saturated heterocycles. The van der Waals surface area contributed by atoms with Gasteiger partial charge in [0.2, 0.25) is 0 Å². The number of hydrogen-bond donors (Lipinski definition) is 2. The van der Waals surface area contributed by atoms with Gasteiger partial charge in [0.25, 0.3) is 5.91 Å². The molecule has 4 aliphatic rings. The van der Waals surface area contributed by atoms with Gasteiger partial charge in [-0.05, 0) is 157 Å². The van der Waals surface area contributed by atoms with Crippen molar-refractivity contribution in [2.24, 2.45) is 5.92 Å². The highest BCUT2D eigenvalue weighted by Crippen LogP contribution is 2.57. The van der Waals surface area contributed by atoms with Crippen molar-refractivity contribution in [1.82, 2.24) is 38.5 Å². The Balaban J connectivity index is 1.11. The molecule has 7 heterocycles. The molecule has 3 aromatic carbocycles. The van der Waals surface area contributed by atoms with Crippen molar-refractivity contribution in [3.8, 4) is 17.2 Å². The fraction of sp³-hybridized carbons (Fsp3) is 0.453. The number of anilines is 1. The zero-order chi connectivity index (χ0) is 50.1. The first-order valence-electron chi connectivity index (χ1n) is 24.6. The molecule has 2 N–H and O–H groups in total. The molecule has 7 aromatic rings. The normalized spacial score (nSPS) is 22.8. The zero-order valence-corrected chi connectivity index (χ0v) is 42.7. The van der Waals surface area contributed by atoms with Gasteiger partial charge in [0.05, 0.1) is 34.3 Å². The topological polar surface area (TPSA) is 176 Å². The maximum atomic E-state index is 16.4. The lowest BCUT2D eigenvalue weighted by Gasteiger charge is -2.52. The minimum absolute atomic E-state index is 0.0130. The van der Waals surface area contributed by atoms with Gasteiger partial charge in [-0.15, -0.1) is 0 Å². The third-order valence-corrected chi connectivity index (χ3v) is 17.5. The number of benzene rings is 3. The average Bonchev–Trinajstić information content (AvgIpc) is 3.81. The maximum Gasteiger partial charge on any atom is 0.438 e. The molecule has 0 unspecified atom stereocenters. The van der Waals surface area contributed by atoms with Crippen LogP contribution in [-0.4, -0.2) is 95.8 Å². The van der Waals surface area contributed by atoms with Gasteiger partial charge in [0, 0.05) is 73.1 Å². The molecule has 0 radical (unpaired) electrons. The minimum atomic E-state index is -2.66. The second kappa shape index (κ2) is 16.6. The Morgan fingerprint density at radius 3 is 2.30 bits per heavy atom. The molecule has 1 spiro atoms. The number of imidazole rings is 1. The number of amides is 1. The lowest BCUT2D eigenvalue weighted by Crippen LogP contribution is -2.59. The summed E-state index contributed by atoms with van der Waals surface area (Å²) in [4.78, 5) is 49.0. The van der Waals surface area contributed by atoms with E-state index in [9.17, 15) is 9.36 Å². The van der Waals surface area contributed by atoms with E-state index in [1.807, 2.05) is 24.0 Å². The van der Waals surface area contributed by atoms with Crippen molar-refractivity contribution in [2.45, 2.75) is 109 Å². The quantitative estimate of drug-likeness (QED) is 0.134. The fourth-order valence-electron chi connectivity index (χ4n) is 12.3. The van der Waals surface area contributed by atoms with Crippen molar-refractivity contribution in [1.29, 1.82) is 0 Å². The maximum absolute atomic E-state index is 16.4. The number of nitrogens with zero attached hydrogens (tertiary/aromatic N) is 7. The van der Waals surface area contributed by atoms with Crippen LogP contribution in [-0.2, 0) is 26.0 Å². The Morgan fingerprint density at radius 1 is 0.930 bits per heavy atom. The predicted molar refractivity (Wildman–Crippen MR) is 270 cm³/mol. The van der Waals surface area contributed by atoms with Crippen LogP contribution in [0.2, 0.25) is 0 Å². The smallest absolute Gasteiger partial charge is 0.387 e. The van der Waals surface area contributed by atoms with Gasteiger partial charge in [0.1, 0.15) is 30.0 Å². The van der Waals surface area contributed by atoms with Crippen LogP contribution in [0.3, 0.4) is 0 Å². The molecule has 372 valence electrons. The summed E-state index contributed by atoms with van der Waals surface area (Å²) in [5.74, 6) is -0.185. The number of hydrogen-bond acceptors (Lipinski definition) is 10. The molecule has 1 aliphatic carbocycles. The highest BCUT2D eigenvalue weighted by molar-refractivity contribution is 7.70. The van der Waals surface area contributed by atoms with Gasteiger partial charge in [-0.2, -0.15) is 5.10 Å². The standard InChI is InChI=1S/C53H61FN9O7P/c1-30-22-38(23-31(2)45(30)54)63-46(60-18-17-59(50(60)66)37-11-13-43(71(8,9)67)39(26-37)55-7)44-33(4)61(52(29-40(44)57-63)15-20-68-21-16-52)47(64)42-25-36-24-34(35-14-19-69-51(5,6)28-35)10-12-41(36)62(42)53(27-32(53)3)48-56-49(65)70-58-48/h10-13,17-18,22-26,32-33,35,55H,14-16,19-21,27-29H2,1-9H3,(H,56,58,65)/t32-,33-,35-,53-/m0/s1. The van der Waals surface area contributed by atoms with Crippen molar-refractivity contribution in [3.05, 3.63) is 133 Å². The first-order valence-corrected chi connectivity index (χ1v) is 27.2. The van der Waals surface area contributed by atoms with E-state index in [2.05, 4.69) is 59.0 Å². The molecule has 3 aliphatic heterocycles. The van der Waals surface area contributed by atoms with E-state index < -0.39 is 35.7 Å². The first-order chi connectivity index (χ1) is 33.7. The monoisotopic (exact) mass is 985 g/mol. The number of H-pyrrole nitrogens is 1. The van der Waals surface area contributed by atoms with Crippen LogP contribution in [0.25, 0.3) is 28.1 Å². The van der Waals surface area contributed by atoms with Gasteiger partial charge in [-0.1, -0.05) is 18.1 Å². The number of nitrogens with one attached hydrogen (secondary N) is 2. The van der Waals surface area contributed by atoms with Crippen LogP contribution >= 0.6 is 7.14 Å². The molecule has 11 rings (SSSR count). The van der Waals surface area contributed by atoms with E-state index >= 15 is 14.0 Å². The third-order valence-electron chi connectivity index (χ3n) is 15.9. The number of rotatable bonds is 9. The van der Waals surface area contributed by atoms with Crippen molar-refractivity contribution < 1.29 is 27.7 Å². The van der Waals surface area contributed by atoms with Crippen LogP contribution in [0, 0.1) is 25.6 Å². The van der Waals surface area contributed by atoms with Crippen molar-refractivity contribution in [3.63, 3.8) is 0 Å². The summed E-state index contributed by atoms with van der Waals surface area (Å²) in [6.07, 6.45) is 7.15. The van der Waals surface area contributed by atoms with Gasteiger partial charge in [-0.3, -0.25) is 23.4 Å². The summed E-state index contributed by atoms with van der Waals surface area (Å²) in [7, 11) is -0.905. The van der Waals surface area contributed by atoms with Crippen LogP contribution in [0.15, 0.2) is 81.1 Å². The van der Waals surface area contributed by atoms with E-state index in [-0.39, 0.29) is 29.2 Å². The highest BCUT2D eigenvalue weighted by Gasteiger charge is 2.60. The van der Waals surface area contributed by atoms with E-state index in [1.54, 1.807) is 80.1 Å². The number of aromatic amines is 1. The molecular formula is C53H61FN9O7P. The molecule has 71 heavy (non-hydrogen) atoms. The van der Waals surface area contributed by atoms with E-state index in [1.165, 1.54) is 10.1 Å². The van der Waals surface area contributed by atoms with Crippen LogP contribution in [0.4, 0.5) is 10.1 Å². The first kappa shape index (κ1) is 47.1. The van der Waals surface area contributed by atoms with E-state index in [0.717, 1.165) is 29.4 Å². The molecule has 4 atom stereocenters. The SMILES string of the molecule is CNc1cc(-n2ccn(-c3c4c(nn3-c3cc(C)c(F)c(C)c3)CC3(CCOCC3)N(C(=O)c3cc5cc([C@H]6CCOC(C)(C)C6)ccc5n3[C@@]3(c5noc(=O)[nH]5)C[C@@H]3C)[C@H]4C)c2=O)ccc1P(C)(C)=O. The highest BCUT2D eigenvalue weighted by atomic mass is 31.2. The fourth-order valence-corrected chi connectivity index (χ4v) is 13.5. The summed E-state index contributed by atoms with van der Waals surface area (Å²) in [5, 5.41) is 14.3. The van der Waals surface area contributed by atoms with Crippen LogP contribution in [0.1, 0.15) is 116 Å². The van der Waals surface area contributed by atoms with Gasteiger partial charge < -0.3 is 28.8 Å². The largest absolute Gasteiger partial charge is 0.438 e. The second-order valence-corrected chi connectivity index (χ2v) is 24.6. The number of carbonyl (C=O) groups excluding carboxylic acids is 1. The number of halogens is 1. The average molecular weight is 986 g/mol. The molecule has 4 aromatic heterocycles. The number of ether oxygens (including phenoxy) is 2. The molecule has 18 heteroatoms. The summed E-state index contributed by atoms with van der Waals surface area (Å²) < 4.78 is 52.8. The van der Waals surface area contributed by atoms with Gasteiger partial charge in [-0.25, -0.2) is 18.7 Å². The van der Waals surface area contributed by atoms with Gasteiger partial charge >= 0.3 is 11.4 Å². The van der Waals surface area contributed by atoms with E-state index in [0.29, 0.717) is 102 Å². The number of carbonyl (C=O) groups is 1. The lowest BCUT2D eigenvalue weighted by atomic mass is 9.77. The Kier molecular flexibility index (Phi) is 11.0. The van der Waals surface area contributed by atoms with Crippen molar-refractivity contribution >= 4 is 34.9 Å². The Bertz CT molecular complexity index is 3450. The molecule has 3 fully saturated rings. The zero-order valence-electron chi connectivity index (χ0n) is 41.8. The van der Waals surface area contributed by atoms with E-state index in [4.69, 9.17) is 19.1 Å². The summed E-state index contributed by atoms with van der Waals surface area (Å²) in [6.45, 7) is 16.7. The van der Waals surface area contributed by atoms with Crippen molar-refractivity contribution in [2.75, 3.05) is 45.5 Å². The van der Waals surface area contributed by atoms with Gasteiger partial charge in [0.15, 0.2) is 5.82 Å². The Labute approximate surface area is 410 Å². The summed E-state index contributed by atoms with van der Waals surface area (Å²) >= 11 is 0.